The number of pyridine rings is 1. The fraction of sp³-hybridized carbons (Fsp3) is 0.105. The minimum absolute atomic E-state index is 0.410. The molecule has 2 N–H and O–H groups in total. The number of hydrogen-bond acceptors (Lipinski definition) is 5. The molecule has 3 rings (SSSR count). The van der Waals surface area contributed by atoms with Gasteiger partial charge in [0.1, 0.15) is 11.5 Å². The van der Waals surface area contributed by atoms with Gasteiger partial charge >= 0.3 is 7.12 Å². The molecular weight excluding hydrogens is 317 g/mol. The third kappa shape index (κ3) is 3.65. The fourth-order valence-electron chi connectivity index (χ4n) is 2.66. The number of aromatic nitrogens is 1. The van der Waals surface area contributed by atoms with Crippen molar-refractivity contribution in [3.8, 4) is 33.9 Å². The van der Waals surface area contributed by atoms with Gasteiger partial charge in [0.25, 0.3) is 0 Å². The molecular formula is C19H18BNO4. The lowest BCUT2D eigenvalue weighted by atomic mass is 9.75. The van der Waals surface area contributed by atoms with Crippen LogP contribution in [0.25, 0.3) is 22.4 Å². The van der Waals surface area contributed by atoms with Crippen LogP contribution in [0.1, 0.15) is 0 Å². The number of hydrogen-bond donors (Lipinski definition) is 2. The molecule has 0 aliphatic carbocycles. The Labute approximate surface area is 146 Å². The highest BCUT2D eigenvalue weighted by atomic mass is 16.5. The van der Waals surface area contributed by atoms with E-state index in [0.29, 0.717) is 16.8 Å². The number of methoxy groups -OCH3 is 2. The van der Waals surface area contributed by atoms with Crippen molar-refractivity contribution in [2.75, 3.05) is 14.2 Å². The Hall–Kier alpha value is -2.83. The second-order valence-electron chi connectivity index (χ2n) is 5.49. The van der Waals surface area contributed by atoms with Gasteiger partial charge in [0, 0.05) is 11.8 Å². The summed E-state index contributed by atoms with van der Waals surface area (Å²) in [6, 6.07) is 16.5. The van der Waals surface area contributed by atoms with E-state index in [1.165, 1.54) is 0 Å². The van der Waals surface area contributed by atoms with Gasteiger partial charge in [-0.3, -0.25) is 4.98 Å². The van der Waals surface area contributed by atoms with Crippen molar-refractivity contribution < 1.29 is 19.5 Å². The maximum atomic E-state index is 9.66. The zero-order valence-electron chi connectivity index (χ0n) is 14.0. The summed E-state index contributed by atoms with van der Waals surface area (Å²) in [4.78, 5) is 4.41. The van der Waals surface area contributed by atoms with Crippen LogP contribution < -0.4 is 14.9 Å². The van der Waals surface area contributed by atoms with E-state index in [4.69, 9.17) is 9.47 Å². The lowest BCUT2D eigenvalue weighted by Gasteiger charge is -2.12. The van der Waals surface area contributed by atoms with Crippen molar-refractivity contribution in [2.24, 2.45) is 0 Å². The minimum Gasteiger partial charge on any atom is -0.497 e. The van der Waals surface area contributed by atoms with Crippen molar-refractivity contribution >= 4 is 12.6 Å². The lowest BCUT2D eigenvalue weighted by molar-refractivity contribution is 0.414. The summed E-state index contributed by atoms with van der Waals surface area (Å²) in [5.41, 5.74) is 3.64. The van der Waals surface area contributed by atoms with Gasteiger partial charge < -0.3 is 19.5 Å². The first kappa shape index (κ1) is 17.0. The fourth-order valence-corrected chi connectivity index (χ4v) is 2.66. The van der Waals surface area contributed by atoms with E-state index in [0.717, 1.165) is 22.6 Å². The van der Waals surface area contributed by atoms with Crippen molar-refractivity contribution in [1.82, 2.24) is 4.98 Å². The van der Waals surface area contributed by atoms with Crippen molar-refractivity contribution in [1.29, 1.82) is 0 Å². The van der Waals surface area contributed by atoms with E-state index < -0.39 is 7.12 Å². The summed E-state index contributed by atoms with van der Waals surface area (Å²) >= 11 is 0. The predicted octanol–water partition coefficient (Wildman–Crippen LogP) is 2.11. The molecule has 0 amide bonds. The lowest BCUT2D eigenvalue weighted by Crippen LogP contribution is -2.31. The predicted molar refractivity (Wildman–Crippen MR) is 98.0 cm³/mol. The second kappa shape index (κ2) is 7.38. The molecule has 3 aromatic rings. The number of benzene rings is 2. The van der Waals surface area contributed by atoms with Crippen molar-refractivity contribution in [2.45, 2.75) is 0 Å². The molecule has 5 nitrogen and oxygen atoms in total. The summed E-state index contributed by atoms with van der Waals surface area (Å²) in [5, 5.41) is 19.3. The highest BCUT2D eigenvalue weighted by Gasteiger charge is 2.18. The molecule has 0 saturated carbocycles. The Morgan fingerprint density at radius 2 is 1.48 bits per heavy atom. The zero-order chi connectivity index (χ0) is 17.8. The Morgan fingerprint density at radius 1 is 0.800 bits per heavy atom. The summed E-state index contributed by atoms with van der Waals surface area (Å²) in [6.07, 6.45) is 1.70. The maximum absolute atomic E-state index is 9.66. The standard InChI is InChI=1S/C19H18BNO4/c1-24-15-5-3-13(4-6-15)19-11-14(9-10-21-19)17-12-16(25-2)7-8-18(17)20(22)23/h3-12,22-23H,1-2H3. The average molecular weight is 335 g/mol. The summed E-state index contributed by atoms with van der Waals surface area (Å²) < 4.78 is 10.4. The van der Waals surface area contributed by atoms with Crippen molar-refractivity contribution in [3.63, 3.8) is 0 Å². The molecule has 0 aliphatic rings. The SMILES string of the molecule is COc1ccc(-c2cc(-c3cc(OC)ccc3B(O)O)ccn2)cc1. The van der Waals surface area contributed by atoms with Gasteiger partial charge in [0.2, 0.25) is 0 Å². The zero-order valence-corrected chi connectivity index (χ0v) is 14.0. The van der Waals surface area contributed by atoms with Crippen LogP contribution in [0.15, 0.2) is 60.8 Å². The van der Waals surface area contributed by atoms with Gasteiger partial charge in [0.15, 0.2) is 0 Å². The largest absolute Gasteiger partial charge is 0.497 e. The third-order valence-corrected chi connectivity index (χ3v) is 4.00. The molecule has 0 radical (unpaired) electrons. The van der Waals surface area contributed by atoms with Gasteiger partial charge in [0.05, 0.1) is 19.9 Å². The first-order valence-corrected chi connectivity index (χ1v) is 7.77. The Morgan fingerprint density at radius 3 is 2.12 bits per heavy atom. The molecule has 0 fully saturated rings. The summed E-state index contributed by atoms with van der Waals surface area (Å²) in [5.74, 6) is 1.42. The highest BCUT2D eigenvalue weighted by molar-refractivity contribution is 6.60. The second-order valence-corrected chi connectivity index (χ2v) is 5.49. The quantitative estimate of drug-likeness (QED) is 0.699. The number of nitrogens with zero attached hydrogens (tertiary/aromatic N) is 1. The van der Waals surface area contributed by atoms with E-state index in [9.17, 15) is 10.0 Å². The third-order valence-electron chi connectivity index (χ3n) is 4.00. The molecule has 0 unspecified atom stereocenters. The van der Waals surface area contributed by atoms with Crippen LogP contribution in [-0.4, -0.2) is 36.4 Å². The molecule has 0 saturated heterocycles. The topological polar surface area (TPSA) is 71.8 Å². The Kier molecular flexibility index (Phi) is 5.02. The molecule has 0 aliphatic heterocycles. The van der Waals surface area contributed by atoms with Gasteiger partial charge in [-0.25, -0.2) is 0 Å². The molecule has 25 heavy (non-hydrogen) atoms. The van der Waals surface area contributed by atoms with E-state index in [2.05, 4.69) is 4.98 Å². The van der Waals surface area contributed by atoms with Crippen LogP contribution in [0.4, 0.5) is 0 Å². The van der Waals surface area contributed by atoms with Crippen LogP contribution in [-0.2, 0) is 0 Å². The molecule has 1 heterocycles. The van der Waals surface area contributed by atoms with E-state index in [1.807, 2.05) is 36.4 Å². The molecule has 1 aromatic heterocycles. The highest BCUT2D eigenvalue weighted by Crippen LogP contribution is 2.27. The van der Waals surface area contributed by atoms with Crippen LogP contribution in [0.3, 0.4) is 0 Å². The first-order valence-electron chi connectivity index (χ1n) is 7.77. The van der Waals surface area contributed by atoms with E-state index >= 15 is 0 Å². The maximum Gasteiger partial charge on any atom is 0.489 e. The molecule has 126 valence electrons. The van der Waals surface area contributed by atoms with Gasteiger partial charge in [-0.05, 0) is 65.1 Å². The minimum atomic E-state index is -1.57. The molecule has 0 spiro atoms. The van der Waals surface area contributed by atoms with E-state index in [1.54, 1.807) is 38.6 Å². The first-order chi connectivity index (χ1) is 12.1. The molecule has 6 heteroatoms. The normalized spacial score (nSPS) is 10.4. The van der Waals surface area contributed by atoms with Gasteiger partial charge in [-0.15, -0.1) is 0 Å². The molecule has 0 bridgehead atoms. The smallest absolute Gasteiger partial charge is 0.489 e. The summed E-state index contributed by atoms with van der Waals surface area (Å²) in [6.45, 7) is 0. The number of rotatable bonds is 5. The average Bonchev–Trinajstić information content (AvgIpc) is 2.67. The van der Waals surface area contributed by atoms with E-state index in [-0.39, 0.29) is 0 Å². The van der Waals surface area contributed by atoms with Crippen LogP contribution in [0, 0.1) is 0 Å². The number of ether oxygens (including phenoxy) is 2. The van der Waals surface area contributed by atoms with Crippen LogP contribution in [0.2, 0.25) is 0 Å². The Balaban J connectivity index is 2.06. The molecule has 2 aromatic carbocycles. The van der Waals surface area contributed by atoms with Crippen LogP contribution in [0.5, 0.6) is 11.5 Å². The molecule has 0 atom stereocenters. The Bertz CT molecular complexity index is 866. The monoisotopic (exact) mass is 335 g/mol. The van der Waals surface area contributed by atoms with Gasteiger partial charge in [-0.2, -0.15) is 0 Å². The van der Waals surface area contributed by atoms with Gasteiger partial charge in [-0.1, -0.05) is 6.07 Å². The van der Waals surface area contributed by atoms with Crippen molar-refractivity contribution in [3.05, 3.63) is 60.8 Å². The summed E-state index contributed by atoms with van der Waals surface area (Å²) in [7, 11) is 1.63. The van der Waals surface area contributed by atoms with Crippen LogP contribution >= 0.6 is 0 Å².